The minimum atomic E-state index is -1.94. The van der Waals surface area contributed by atoms with Crippen LogP contribution in [0.5, 0.6) is 11.6 Å². The summed E-state index contributed by atoms with van der Waals surface area (Å²) in [6.45, 7) is 9.97. The van der Waals surface area contributed by atoms with Gasteiger partial charge in [0.2, 0.25) is 41.4 Å². The van der Waals surface area contributed by atoms with Gasteiger partial charge in [-0.25, -0.2) is 29.2 Å². The molecule has 5 aromatic heterocycles. The number of nitrogens with zero attached hydrogens (tertiary/aromatic N) is 8. The van der Waals surface area contributed by atoms with E-state index in [4.69, 9.17) is 53.3 Å². The lowest BCUT2D eigenvalue weighted by atomic mass is 9.86. The number of carbonyl (C=O) groups is 9. The number of H-pyrrole nitrogens is 1. The highest BCUT2D eigenvalue weighted by atomic mass is 16.6. The number of carboxylic acid groups (broad SMARTS) is 1. The molecule has 40 heteroatoms. The average Bonchev–Trinajstić information content (AvgIpc) is 1.61. The minimum absolute atomic E-state index is 0.0347. The van der Waals surface area contributed by atoms with Gasteiger partial charge in [0.15, 0.2) is 16.8 Å². The fourth-order valence-corrected chi connectivity index (χ4v) is 13.6. The molecule has 2 aliphatic heterocycles. The van der Waals surface area contributed by atoms with Crippen LogP contribution in [0.3, 0.4) is 0 Å². The largest absolute Gasteiger partial charge is 0.489 e. The lowest BCUT2D eigenvalue weighted by Crippen LogP contribution is -2.56. The SMILES string of the molecule is CCc1c2c(nc3ccc(OCc4ccc(NC(=O)CNC(=O)[C@H](CC(C)C)NC(=O)[C@H](Cc5ccccc5)NC(=O)CNC(=O)COCCOCCOCCOc5cn(CCOCCOCCOCCNC(=O)CC[C@H](NC(=O)c6ccc(NCc7cnc8nc(N)[nH]c(=O)c8n7)cc6)C(=O)O)nn5)cc4)cc13)-c1cc3c(c(=O)n1C2)COC(=O)[C@]3(O)CC. The number of rotatable bonds is 51. The number of amides is 7. The van der Waals surface area contributed by atoms with Crippen molar-refractivity contribution in [2.45, 2.75) is 123 Å². The number of carboxylic acids is 1. The van der Waals surface area contributed by atoms with Crippen LogP contribution < -0.4 is 68.9 Å². The number of anilines is 3. The summed E-state index contributed by atoms with van der Waals surface area (Å²) in [5, 5.41) is 51.5. The fourth-order valence-electron chi connectivity index (χ4n) is 13.6. The van der Waals surface area contributed by atoms with Gasteiger partial charge in [-0.05, 0) is 109 Å². The molecular weight excluding hydrogens is 1630 g/mol. The van der Waals surface area contributed by atoms with Crippen LogP contribution >= 0.6 is 0 Å². The Kier molecular flexibility index (Phi) is 33.8. The van der Waals surface area contributed by atoms with Gasteiger partial charge in [-0.3, -0.25) is 48.1 Å². The molecule has 13 N–H and O–H groups in total. The van der Waals surface area contributed by atoms with Gasteiger partial charge in [0.05, 0.1) is 146 Å². The molecule has 7 heterocycles. The van der Waals surface area contributed by atoms with E-state index in [2.05, 4.69) is 72.8 Å². The van der Waals surface area contributed by atoms with Crippen molar-refractivity contribution < 1.29 is 96.0 Å². The summed E-state index contributed by atoms with van der Waals surface area (Å²) in [5.74, 6) is -5.46. The van der Waals surface area contributed by atoms with Crippen molar-refractivity contribution in [3.8, 4) is 23.0 Å². The van der Waals surface area contributed by atoms with Crippen LogP contribution in [0.2, 0.25) is 0 Å². The molecule has 664 valence electrons. The Balaban J connectivity index is 0.487. The second kappa shape index (κ2) is 45.8. The Morgan fingerprint density at radius 2 is 1.37 bits per heavy atom. The second-order valence-electron chi connectivity index (χ2n) is 29.5. The van der Waals surface area contributed by atoms with Crippen molar-refractivity contribution in [1.82, 2.24) is 76.4 Å². The number of benzene rings is 4. The van der Waals surface area contributed by atoms with E-state index in [1.807, 2.05) is 32.9 Å². The number of nitrogens with two attached hydrogens (primary N) is 1. The summed E-state index contributed by atoms with van der Waals surface area (Å²) < 4.78 is 53.5. The average molecular weight is 1730 g/mol. The lowest BCUT2D eigenvalue weighted by Gasteiger charge is -2.31. The number of pyridine rings is 2. The maximum absolute atomic E-state index is 14.0. The van der Waals surface area contributed by atoms with Gasteiger partial charge in [0, 0.05) is 52.8 Å². The van der Waals surface area contributed by atoms with Crippen LogP contribution in [-0.2, 0) is 123 Å². The number of carbonyl (C=O) groups excluding carboxylic acids is 8. The highest BCUT2D eigenvalue weighted by Gasteiger charge is 2.46. The van der Waals surface area contributed by atoms with E-state index in [0.29, 0.717) is 84.0 Å². The molecule has 125 heavy (non-hydrogen) atoms. The number of ether oxygens (including phenoxy) is 9. The molecule has 40 nitrogen and oxygen atoms in total. The fraction of sp³-hybridized carbons (Fsp3) is 0.424. The van der Waals surface area contributed by atoms with Crippen LogP contribution in [0.1, 0.15) is 103 Å². The Labute approximate surface area is 716 Å². The predicted molar refractivity (Wildman–Crippen MR) is 450 cm³/mol. The molecule has 11 rings (SSSR count). The van der Waals surface area contributed by atoms with Gasteiger partial charge in [0.1, 0.15) is 50.3 Å². The topological polar surface area (TPSA) is 537 Å². The van der Waals surface area contributed by atoms with Gasteiger partial charge in [-0.15, -0.1) is 0 Å². The van der Waals surface area contributed by atoms with E-state index in [0.717, 1.165) is 22.1 Å². The number of aromatic amines is 1. The molecule has 0 aliphatic carbocycles. The molecule has 0 fully saturated rings. The lowest BCUT2D eigenvalue weighted by molar-refractivity contribution is -0.172. The normalized spacial score (nSPS) is 13.9. The summed E-state index contributed by atoms with van der Waals surface area (Å²) in [6.07, 6.45) is 3.69. The number of aliphatic carboxylic acids is 1. The molecular formula is C85H102N18O22. The van der Waals surface area contributed by atoms with Crippen molar-refractivity contribution >= 4 is 92.7 Å². The van der Waals surface area contributed by atoms with Crippen LogP contribution in [-0.4, -0.2) is 232 Å². The van der Waals surface area contributed by atoms with Gasteiger partial charge in [-0.2, -0.15) is 4.98 Å². The number of aryl methyl sites for hydroxylation is 1. The van der Waals surface area contributed by atoms with Gasteiger partial charge in [-0.1, -0.05) is 80.5 Å². The monoisotopic (exact) mass is 1730 g/mol. The minimum Gasteiger partial charge on any atom is -0.489 e. The van der Waals surface area contributed by atoms with Gasteiger partial charge >= 0.3 is 11.9 Å². The Bertz CT molecular complexity index is 5380. The van der Waals surface area contributed by atoms with E-state index in [1.54, 1.807) is 101 Å². The molecule has 4 atom stereocenters. The molecule has 0 bridgehead atoms. The Morgan fingerprint density at radius 3 is 2.08 bits per heavy atom. The molecule has 9 aromatic rings. The first-order valence-corrected chi connectivity index (χ1v) is 40.9. The number of cyclic esters (lactones) is 1. The van der Waals surface area contributed by atoms with E-state index in [-0.39, 0.29) is 176 Å². The molecule has 0 saturated carbocycles. The van der Waals surface area contributed by atoms with E-state index < -0.39 is 95.7 Å². The van der Waals surface area contributed by atoms with E-state index in [1.165, 1.54) is 18.3 Å². The number of nitrogen functional groups attached to an aromatic ring is 1. The van der Waals surface area contributed by atoms with E-state index >= 15 is 0 Å². The first-order chi connectivity index (χ1) is 60.4. The zero-order valence-electron chi connectivity index (χ0n) is 69.6. The molecule has 4 aromatic carbocycles. The van der Waals surface area contributed by atoms with Crippen molar-refractivity contribution in [2.75, 3.05) is 122 Å². The van der Waals surface area contributed by atoms with Crippen molar-refractivity contribution in [3.63, 3.8) is 0 Å². The first kappa shape index (κ1) is 92.5. The zero-order valence-corrected chi connectivity index (χ0v) is 69.6. The number of hydrogen-bond donors (Lipinski definition) is 12. The van der Waals surface area contributed by atoms with Crippen LogP contribution in [0.4, 0.5) is 17.3 Å². The molecule has 0 unspecified atom stereocenters. The maximum Gasteiger partial charge on any atom is 0.343 e. The third-order valence-corrected chi connectivity index (χ3v) is 20.0. The Hall–Kier alpha value is -13.3. The van der Waals surface area contributed by atoms with Crippen molar-refractivity contribution in [2.24, 2.45) is 5.92 Å². The number of esters is 1. The van der Waals surface area contributed by atoms with Crippen LogP contribution in [0.25, 0.3) is 33.5 Å². The highest BCUT2D eigenvalue weighted by Crippen LogP contribution is 2.41. The summed E-state index contributed by atoms with van der Waals surface area (Å²) in [6, 6.07) is 25.9. The number of fused-ring (bicyclic) bond motifs is 6. The molecule has 0 radical (unpaired) electrons. The summed E-state index contributed by atoms with van der Waals surface area (Å²) in [7, 11) is 0. The highest BCUT2D eigenvalue weighted by molar-refractivity contribution is 5.98. The smallest absolute Gasteiger partial charge is 0.343 e. The summed E-state index contributed by atoms with van der Waals surface area (Å²) in [4.78, 5) is 163. The first-order valence-electron chi connectivity index (χ1n) is 40.9. The number of aliphatic hydroxyl groups is 1. The Morgan fingerprint density at radius 1 is 0.672 bits per heavy atom. The van der Waals surface area contributed by atoms with Gasteiger partial charge in [0.25, 0.3) is 22.9 Å². The number of nitrogens with one attached hydrogen (secondary N) is 9. The molecule has 2 aliphatic rings. The number of aromatic nitrogens is 9. The third kappa shape index (κ3) is 26.6. The van der Waals surface area contributed by atoms with Crippen LogP contribution in [0, 0.1) is 5.92 Å². The molecule has 0 saturated heterocycles. The summed E-state index contributed by atoms with van der Waals surface area (Å²) in [5.41, 5.74) is 10.3. The third-order valence-electron chi connectivity index (χ3n) is 20.0. The summed E-state index contributed by atoms with van der Waals surface area (Å²) >= 11 is 0. The standard InChI is InChI=1S/C85H102N18O22/c1-5-59-60-40-58(20-21-64(60)95-74-61(59)46-103-68(74)41-63-62(81(103)112)49-125-83(115)85(63,116)6-2)124-48-53-12-16-56(17-13-53)92-70(105)45-91-78(109)66(38-51(3)4)97-79(110)67(39-52-10-8-7-9-11-52)94-71(106)44-89-72(107)50-122-35-34-120-32-33-121-36-37-123-73-47-102(101-100-73)25-27-118-29-31-119-30-28-117-26-24-87-69(104)23-22-65(82(113)114)96-77(108)54-14-18-55(19-15-54)88-42-57-43-90-76-75(93-57)80(111)99-84(86)98-76/h7-21,40-41,43,47,51,65-67,88,116H,5-6,22-39,42,44-46,48-50H2,1-4H3,(H,87,104)(H,89,107)(H,91,109)(H,92,105)(H,94,106)(H,96,108)(H,97,110)(H,113,114)(H3,86,90,98,99,111)/t65-,66-,67-,85-/m0/s1. The molecule has 7 amide bonds. The van der Waals surface area contributed by atoms with Crippen molar-refractivity contribution in [1.29, 1.82) is 0 Å². The van der Waals surface area contributed by atoms with E-state index in [9.17, 15) is 63.0 Å². The molecule has 0 spiro atoms. The second-order valence-corrected chi connectivity index (χ2v) is 29.5. The number of hydrogen-bond acceptors (Lipinski definition) is 29. The van der Waals surface area contributed by atoms with Gasteiger partial charge < -0.3 is 106 Å². The van der Waals surface area contributed by atoms with Crippen LogP contribution in [0.15, 0.2) is 125 Å². The predicted octanol–water partition coefficient (Wildman–Crippen LogP) is 2.42. The quantitative estimate of drug-likeness (QED) is 0.0192. The van der Waals surface area contributed by atoms with Crippen molar-refractivity contribution in [3.05, 3.63) is 181 Å². The zero-order chi connectivity index (χ0) is 88.8. The maximum atomic E-state index is 14.0.